The van der Waals surface area contributed by atoms with Gasteiger partial charge in [-0.2, -0.15) is 0 Å². The molecule has 0 saturated carbocycles. The summed E-state index contributed by atoms with van der Waals surface area (Å²) in [5, 5.41) is 21.9. The largest absolute Gasteiger partial charge is 0.545 e. The van der Waals surface area contributed by atoms with Crippen LogP contribution in [-0.4, -0.2) is 24.0 Å². The van der Waals surface area contributed by atoms with E-state index in [0.29, 0.717) is 23.3 Å². The Morgan fingerprint density at radius 2 is 2.04 bits per heavy atom. The molecule has 0 aromatic heterocycles. The predicted molar refractivity (Wildman–Crippen MR) is 80.9 cm³/mol. The molecule has 1 atom stereocenters. The Morgan fingerprint density at radius 3 is 2.87 bits per heavy atom. The van der Waals surface area contributed by atoms with Crippen LogP contribution in [0.5, 0.6) is 11.5 Å². The third kappa shape index (κ3) is 2.17. The molecule has 116 valence electrons. The highest BCUT2D eigenvalue weighted by Gasteiger charge is 2.26. The van der Waals surface area contributed by atoms with Crippen LogP contribution < -0.4 is 14.6 Å². The molecular weight excluding hydrogens is 296 g/mol. The Hall–Kier alpha value is -2.79. The van der Waals surface area contributed by atoms with Crippen molar-refractivity contribution in [3.63, 3.8) is 0 Å². The molecule has 0 fully saturated rings. The van der Waals surface area contributed by atoms with E-state index in [4.69, 9.17) is 9.47 Å². The number of fused-ring (bicyclic) bond motifs is 2. The zero-order valence-corrected chi connectivity index (χ0v) is 12.1. The van der Waals surface area contributed by atoms with Gasteiger partial charge in [-0.25, -0.2) is 0 Å². The topological polar surface area (TPSA) is 78.8 Å². The van der Waals surface area contributed by atoms with Crippen LogP contribution in [0.25, 0.3) is 11.6 Å². The number of hydrogen-bond donors (Lipinski definition) is 1. The Balaban J connectivity index is 1.88. The fourth-order valence-electron chi connectivity index (χ4n) is 3.14. The molecule has 0 bridgehead atoms. The average Bonchev–Trinajstić information content (AvgIpc) is 3.11. The Morgan fingerprint density at radius 1 is 1.22 bits per heavy atom. The number of aliphatic hydroxyl groups excluding tert-OH is 1. The first-order valence-electron chi connectivity index (χ1n) is 7.27. The molecule has 2 aromatic carbocycles. The molecule has 0 amide bonds. The Labute approximate surface area is 132 Å². The summed E-state index contributed by atoms with van der Waals surface area (Å²) in [6, 6.07) is 11.0. The molecule has 1 heterocycles. The molecule has 0 saturated heterocycles. The van der Waals surface area contributed by atoms with Gasteiger partial charge in [0.15, 0.2) is 11.5 Å². The van der Waals surface area contributed by atoms with Gasteiger partial charge in [0.25, 0.3) is 0 Å². The van der Waals surface area contributed by atoms with Gasteiger partial charge in [-0.1, -0.05) is 30.3 Å². The van der Waals surface area contributed by atoms with E-state index in [-0.39, 0.29) is 18.1 Å². The number of carbonyl (C=O) groups excluding carboxylic acids is 1. The molecule has 1 aliphatic heterocycles. The predicted octanol–water partition coefficient (Wildman–Crippen LogP) is 1.24. The van der Waals surface area contributed by atoms with E-state index in [1.807, 2.05) is 24.3 Å². The number of hydrogen-bond acceptors (Lipinski definition) is 5. The summed E-state index contributed by atoms with van der Waals surface area (Å²) in [4.78, 5) is 11.5. The summed E-state index contributed by atoms with van der Waals surface area (Å²) in [6.07, 6.45) is 1.55. The lowest BCUT2D eigenvalue weighted by Gasteiger charge is -2.12. The zero-order valence-electron chi connectivity index (χ0n) is 12.1. The quantitative estimate of drug-likeness (QED) is 0.903. The molecule has 5 heteroatoms. The van der Waals surface area contributed by atoms with Gasteiger partial charge in [0.05, 0.1) is 17.6 Å². The van der Waals surface area contributed by atoms with Crippen LogP contribution in [0, 0.1) is 0 Å². The van der Waals surface area contributed by atoms with Crippen LogP contribution in [0.2, 0.25) is 0 Å². The Kier molecular flexibility index (Phi) is 3.09. The standard InChI is InChI=1S/C18H14O5/c19-14-8-10-3-1-2-4-12(10)13(14)7-11-5-6-15-17(23-9-22-15)16(11)18(20)21/h1-7,14,19H,8-9H2,(H,20,21)/p-1. The number of benzene rings is 2. The van der Waals surface area contributed by atoms with Crippen LogP contribution >= 0.6 is 0 Å². The minimum Gasteiger partial charge on any atom is -0.545 e. The third-order valence-corrected chi connectivity index (χ3v) is 4.19. The Bertz CT molecular complexity index is 837. The van der Waals surface area contributed by atoms with Gasteiger partial charge in [-0.3, -0.25) is 0 Å². The lowest BCUT2D eigenvalue weighted by atomic mass is 9.99. The fraction of sp³-hybridized carbons (Fsp3) is 0.167. The van der Waals surface area contributed by atoms with Gasteiger partial charge >= 0.3 is 0 Å². The van der Waals surface area contributed by atoms with Crippen molar-refractivity contribution in [2.24, 2.45) is 0 Å². The summed E-state index contributed by atoms with van der Waals surface area (Å²) in [6.45, 7) is -0.0128. The molecule has 1 N–H and O–H groups in total. The number of carbonyl (C=O) groups is 1. The van der Waals surface area contributed by atoms with Gasteiger partial charge in [0.2, 0.25) is 6.79 Å². The molecule has 2 aliphatic rings. The lowest BCUT2D eigenvalue weighted by molar-refractivity contribution is -0.255. The minimum atomic E-state index is -1.33. The van der Waals surface area contributed by atoms with Crippen LogP contribution in [0.4, 0.5) is 0 Å². The summed E-state index contributed by atoms with van der Waals surface area (Å²) < 4.78 is 10.5. The second kappa shape index (κ2) is 5.14. The first-order chi connectivity index (χ1) is 11.1. The number of aromatic carboxylic acids is 1. The average molecular weight is 309 g/mol. The molecular formula is C18H13O5-. The van der Waals surface area contributed by atoms with Crippen LogP contribution in [0.1, 0.15) is 27.0 Å². The van der Waals surface area contributed by atoms with Crippen molar-refractivity contribution in [2.45, 2.75) is 12.5 Å². The van der Waals surface area contributed by atoms with Crippen LogP contribution in [0.15, 0.2) is 36.4 Å². The van der Waals surface area contributed by atoms with Gasteiger partial charge in [-0.15, -0.1) is 0 Å². The van der Waals surface area contributed by atoms with Gasteiger partial charge in [-0.05, 0) is 34.4 Å². The van der Waals surface area contributed by atoms with E-state index in [2.05, 4.69) is 0 Å². The number of carboxylic acid groups (broad SMARTS) is 1. The highest BCUT2D eigenvalue weighted by Crippen LogP contribution is 2.40. The number of aliphatic hydroxyl groups is 1. The molecule has 5 nitrogen and oxygen atoms in total. The maximum absolute atomic E-state index is 11.5. The van der Waals surface area contributed by atoms with Gasteiger partial charge in [0.1, 0.15) is 0 Å². The van der Waals surface area contributed by atoms with Crippen LogP contribution in [-0.2, 0) is 6.42 Å². The van der Waals surface area contributed by atoms with E-state index in [0.717, 1.165) is 11.1 Å². The summed E-state index contributed by atoms with van der Waals surface area (Å²) in [5.74, 6) is -0.765. The number of ether oxygens (including phenoxy) is 2. The second-order valence-corrected chi connectivity index (χ2v) is 5.53. The smallest absolute Gasteiger partial charge is 0.231 e. The number of rotatable bonds is 2. The van der Waals surface area contributed by atoms with E-state index in [1.165, 1.54) is 0 Å². The summed E-state index contributed by atoms with van der Waals surface area (Å²) >= 11 is 0. The second-order valence-electron chi connectivity index (χ2n) is 5.53. The molecule has 4 rings (SSSR count). The summed E-state index contributed by atoms with van der Waals surface area (Å²) in [5.41, 5.74) is 3.05. The molecule has 0 radical (unpaired) electrons. The maximum atomic E-state index is 11.5. The molecule has 0 spiro atoms. The normalized spacial score (nSPS) is 19.9. The first-order valence-corrected chi connectivity index (χ1v) is 7.27. The molecule has 1 aliphatic carbocycles. The first kappa shape index (κ1) is 13.8. The minimum absolute atomic E-state index is 0.0128. The highest BCUT2D eigenvalue weighted by molar-refractivity contribution is 5.99. The molecule has 23 heavy (non-hydrogen) atoms. The van der Waals surface area contributed by atoms with E-state index < -0.39 is 12.1 Å². The van der Waals surface area contributed by atoms with Crippen molar-refractivity contribution in [3.8, 4) is 11.5 Å². The third-order valence-electron chi connectivity index (χ3n) is 4.19. The maximum Gasteiger partial charge on any atom is 0.231 e. The van der Waals surface area contributed by atoms with E-state index >= 15 is 0 Å². The van der Waals surface area contributed by atoms with E-state index in [1.54, 1.807) is 18.2 Å². The van der Waals surface area contributed by atoms with Crippen molar-refractivity contribution in [3.05, 3.63) is 58.7 Å². The molecule has 2 aromatic rings. The molecule has 1 unspecified atom stereocenters. The van der Waals surface area contributed by atoms with Crippen LogP contribution in [0.3, 0.4) is 0 Å². The monoisotopic (exact) mass is 309 g/mol. The van der Waals surface area contributed by atoms with Crippen molar-refractivity contribution in [1.29, 1.82) is 0 Å². The SMILES string of the molecule is O=C([O-])c1c(C=C2c3ccccc3CC2O)ccc2c1OCO2. The van der Waals surface area contributed by atoms with Gasteiger partial charge < -0.3 is 24.5 Å². The summed E-state index contributed by atoms with van der Waals surface area (Å²) in [7, 11) is 0. The fourth-order valence-corrected chi connectivity index (χ4v) is 3.14. The van der Waals surface area contributed by atoms with E-state index in [9.17, 15) is 15.0 Å². The highest BCUT2D eigenvalue weighted by atomic mass is 16.7. The van der Waals surface area contributed by atoms with Crippen molar-refractivity contribution in [1.82, 2.24) is 0 Å². The van der Waals surface area contributed by atoms with Crippen molar-refractivity contribution < 1.29 is 24.5 Å². The number of carboxylic acids is 1. The van der Waals surface area contributed by atoms with Gasteiger partial charge in [0, 0.05) is 6.42 Å². The van der Waals surface area contributed by atoms with Crippen molar-refractivity contribution in [2.75, 3.05) is 6.79 Å². The lowest BCUT2D eigenvalue weighted by Crippen LogP contribution is -2.24. The van der Waals surface area contributed by atoms with Crippen molar-refractivity contribution >= 4 is 17.6 Å². The zero-order chi connectivity index (χ0) is 16.0.